The second-order valence-corrected chi connectivity index (χ2v) is 6.41. The number of nitro benzene ring substituents is 1. The van der Waals surface area contributed by atoms with E-state index < -0.39 is 14.9 Å². The van der Waals surface area contributed by atoms with Gasteiger partial charge in [-0.3, -0.25) is 10.1 Å². The lowest BCUT2D eigenvalue weighted by molar-refractivity contribution is -0.385. The number of alkyl halides is 1. The van der Waals surface area contributed by atoms with Crippen molar-refractivity contribution in [2.24, 2.45) is 0 Å². The van der Waals surface area contributed by atoms with Gasteiger partial charge in [0.1, 0.15) is 0 Å². The van der Waals surface area contributed by atoms with E-state index in [1.165, 1.54) is 25.1 Å². The van der Waals surface area contributed by atoms with E-state index in [4.69, 9.17) is 0 Å². The molecule has 0 aliphatic carbocycles. The van der Waals surface area contributed by atoms with Crippen molar-refractivity contribution in [1.29, 1.82) is 0 Å². The molecule has 0 saturated heterocycles. The van der Waals surface area contributed by atoms with Crippen molar-refractivity contribution in [3.63, 3.8) is 0 Å². The van der Waals surface area contributed by atoms with E-state index in [0.717, 1.165) is 4.43 Å². The van der Waals surface area contributed by atoms with Crippen LogP contribution < -0.4 is 4.72 Å². The molecule has 0 spiro atoms. The van der Waals surface area contributed by atoms with Crippen LogP contribution in [0, 0.1) is 17.0 Å². The zero-order valence-corrected chi connectivity index (χ0v) is 12.7. The van der Waals surface area contributed by atoms with Crippen LogP contribution in [0.15, 0.2) is 23.1 Å². The molecule has 1 N–H and O–H groups in total. The third-order valence-corrected chi connectivity index (χ3v) is 4.71. The van der Waals surface area contributed by atoms with Crippen LogP contribution in [0.1, 0.15) is 12.0 Å². The summed E-state index contributed by atoms with van der Waals surface area (Å²) in [6.07, 6.45) is 0.716. The number of hydrogen-bond acceptors (Lipinski definition) is 4. The molecule has 0 unspecified atom stereocenters. The van der Waals surface area contributed by atoms with Gasteiger partial charge in [-0.25, -0.2) is 13.1 Å². The second kappa shape index (κ2) is 6.43. The highest BCUT2D eigenvalue weighted by Crippen LogP contribution is 2.24. The maximum atomic E-state index is 12.0. The largest absolute Gasteiger partial charge is 0.273 e. The monoisotopic (exact) mass is 384 g/mol. The third kappa shape index (κ3) is 3.62. The van der Waals surface area contributed by atoms with Gasteiger partial charge in [-0.15, -0.1) is 0 Å². The van der Waals surface area contributed by atoms with E-state index in [1.54, 1.807) is 0 Å². The van der Waals surface area contributed by atoms with Crippen LogP contribution in [0.25, 0.3) is 0 Å². The molecule has 100 valence electrons. The first-order valence-electron chi connectivity index (χ1n) is 5.20. The Morgan fingerprint density at radius 1 is 1.44 bits per heavy atom. The lowest BCUT2D eigenvalue weighted by atomic mass is 10.2. The van der Waals surface area contributed by atoms with Crippen LogP contribution in [0.4, 0.5) is 5.69 Å². The Balaban J connectivity index is 3.09. The molecule has 1 aromatic rings. The fourth-order valence-corrected chi connectivity index (χ4v) is 3.16. The van der Waals surface area contributed by atoms with E-state index in [1.807, 2.05) is 0 Å². The van der Waals surface area contributed by atoms with Crippen molar-refractivity contribution in [3.05, 3.63) is 33.9 Å². The van der Waals surface area contributed by atoms with Crippen LogP contribution in [-0.2, 0) is 10.0 Å². The van der Waals surface area contributed by atoms with Crippen LogP contribution in [0.3, 0.4) is 0 Å². The van der Waals surface area contributed by atoms with Crippen LogP contribution >= 0.6 is 22.6 Å². The number of halogens is 1. The van der Waals surface area contributed by atoms with E-state index in [0.29, 0.717) is 13.0 Å². The Hall–Kier alpha value is -0.740. The van der Waals surface area contributed by atoms with Crippen molar-refractivity contribution in [2.75, 3.05) is 11.0 Å². The maximum Gasteiger partial charge on any atom is 0.273 e. The van der Waals surface area contributed by atoms with Gasteiger partial charge in [-0.2, -0.15) is 0 Å². The molecule has 18 heavy (non-hydrogen) atoms. The first-order chi connectivity index (χ1) is 8.40. The average Bonchev–Trinajstić information content (AvgIpc) is 2.28. The summed E-state index contributed by atoms with van der Waals surface area (Å²) in [6, 6.07) is 4.03. The number of nitrogens with one attached hydrogen (secondary N) is 1. The summed E-state index contributed by atoms with van der Waals surface area (Å²) in [4.78, 5) is 10.1. The average molecular weight is 384 g/mol. The number of rotatable bonds is 6. The van der Waals surface area contributed by atoms with Crippen molar-refractivity contribution in [1.82, 2.24) is 4.72 Å². The van der Waals surface area contributed by atoms with Gasteiger partial charge in [-0.1, -0.05) is 28.7 Å². The van der Waals surface area contributed by atoms with Gasteiger partial charge in [0.05, 0.1) is 9.82 Å². The van der Waals surface area contributed by atoms with Crippen molar-refractivity contribution >= 4 is 38.3 Å². The predicted molar refractivity (Wildman–Crippen MR) is 76.5 cm³/mol. The number of nitrogens with zero attached hydrogens (tertiary/aromatic N) is 1. The summed E-state index contributed by atoms with van der Waals surface area (Å²) in [5.41, 5.74) is -0.0313. The SMILES string of the molecule is Cc1c([N+](=O)[O-])cccc1S(=O)(=O)NCCCI. The van der Waals surface area contributed by atoms with E-state index in [9.17, 15) is 18.5 Å². The van der Waals surface area contributed by atoms with Crippen molar-refractivity contribution < 1.29 is 13.3 Å². The van der Waals surface area contributed by atoms with Crippen LogP contribution in [0.2, 0.25) is 0 Å². The highest BCUT2D eigenvalue weighted by molar-refractivity contribution is 14.1. The van der Waals surface area contributed by atoms with Gasteiger partial charge in [0, 0.05) is 22.6 Å². The molecular formula is C10H13IN2O4S. The minimum atomic E-state index is -3.68. The van der Waals surface area contributed by atoms with Gasteiger partial charge in [0.2, 0.25) is 10.0 Å². The molecule has 0 bridgehead atoms. The minimum Gasteiger partial charge on any atom is -0.258 e. The first kappa shape index (κ1) is 15.3. The molecule has 0 aliphatic rings. The molecule has 0 radical (unpaired) electrons. The smallest absolute Gasteiger partial charge is 0.258 e. The van der Waals surface area contributed by atoms with Gasteiger partial charge >= 0.3 is 0 Å². The molecule has 0 aromatic heterocycles. The molecule has 8 heteroatoms. The normalized spacial score (nSPS) is 11.4. The van der Waals surface area contributed by atoms with E-state index >= 15 is 0 Å². The van der Waals surface area contributed by atoms with Gasteiger partial charge in [-0.05, 0) is 19.4 Å². The summed E-state index contributed by atoms with van der Waals surface area (Å²) >= 11 is 2.15. The van der Waals surface area contributed by atoms with Gasteiger partial charge < -0.3 is 0 Å². The quantitative estimate of drug-likeness (QED) is 0.267. The summed E-state index contributed by atoms with van der Waals surface area (Å²) in [5.74, 6) is 0. The fourth-order valence-electron chi connectivity index (χ4n) is 1.44. The first-order valence-corrected chi connectivity index (χ1v) is 8.20. The van der Waals surface area contributed by atoms with Crippen molar-refractivity contribution in [2.45, 2.75) is 18.2 Å². The van der Waals surface area contributed by atoms with E-state index in [-0.39, 0.29) is 16.1 Å². The zero-order valence-electron chi connectivity index (χ0n) is 9.72. The zero-order chi connectivity index (χ0) is 13.8. The Bertz CT molecular complexity index is 545. The minimum absolute atomic E-state index is 0.0369. The molecule has 0 fully saturated rings. The standard InChI is InChI=1S/C10H13IN2O4S/c1-8-9(13(14)15)4-2-5-10(8)18(16,17)12-7-3-6-11/h2,4-5,12H,3,6-7H2,1H3. The highest BCUT2D eigenvalue weighted by atomic mass is 127. The van der Waals surface area contributed by atoms with Crippen LogP contribution in [0.5, 0.6) is 0 Å². The number of sulfonamides is 1. The summed E-state index contributed by atoms with van der Waals surface area (Å²) in [7, 11) is -3.68. The van der Waals surface area contributed by atoms with Crippen LogP contribution in [-0.4, -0.2) is 24.3 Å². The highest BCUT2D eigenvalue weighted by Gasteiger charge is 2.22. The molecule has 6 nitrogen and oxygen atoms in total. The second-order valence-electron chi connectivity index (χ2n) is 3.60. The number of nitro groups is 1. The maximum absolute atomic E-state index is 12.0. The molecular weight excluding hydrogens is 371 g/mol. The number of benzene rings is 1. The Morgan fingerprint density at radius 2 is 2.11 bits per heavy atom. The molecule has 0 amide bonds. The lowest BCUT2D eigenvalue weighted by Gasteiger charge is -2.08. The summed E-state index contributed by atoms with van der Waals surface area (Å²) in [5, 5.41) is 10.8. The third-order valence-electron chi connectivity index (χ3n) is 2.34. The fraction of sp³-hybridized carbons (Fsp3) is 0.400. The number of hydrogen-bond donors (Lipinski definition) is 1. The Kier molecular flexibility index (Phi) is 5.47. The molecule has 1 rings (SSSR count). The van der Waals surface area contributed by atoms with Gasteiger partial charge in [0.15, 0.2) is 0 Å². The predicted octanol–water partition coefficient (Wildman–Crippen LogP) is 2.01. The molecule has 1 aromatic carbocycles. The summed E-state index contributed by atoms with van der Waals surface area (Å²) in [6.45, 7) is 1.76. The molecule has 0 heterocycles. The van der Waals surface area contributed by atoms with E-state index in [2.05, 4.69) is 27.3 Å². The van der Waals surface area contributed by atoms with Crippen molar-refractivity contribution in [3.8, 4) is 0 Å². The lowest BCUT2D eigenvalue weighted by Crippen LogP contribution is -2.25. The molecule has 0 aliphatic heterocycles. The Labute approximate surface area is 119 Å². The molecule has 0 atom stereocenters. The van der Waals surface area contributed by atoms with Gasteiger partial charge in [0.25, 0.3) is 5.69 Å². The molecule has 0 saturated carbocycles. The topological polar surface area (TPSA) is 89.3 Å². The summed E-state index contributed by atoms with van der Waals surface area (Å²) < 4.78 is 27.2. The Morgan fingerprint density at radius 3 is 2.67 bits per heavy atom.